The Morgan fingerprint density at radius 2 is 1.95 bits per heavy atom. The number of rotatable bonds is 7. The standard InChI is InChI=1S/C14H20N2O4/c1-16(19-2)13(17)9-8-12(15)14(18)20-10-11-6-4-3-5-7-11/h3-7,12H,8-10,15H2,1-2H3/t12-/m1/s1. The summed E-state index contributed by atoms with van der Waals surface area (Å²) in [6.07, 6.45) is 0.353. The number of ether oxygens (including phenoxy) is 1. The Balaban J connectivity index is 2.31. The van der Waals surface area contributed by atoms with Gasteiger partial charge < -0.3 is 10.5 Å². The van der Waals surface area contributed by atoms with Gasteiger partial charge in [0, 0.05) is 13.5 Å². The van der Waals surface area contributed by atoms with E-state index in [-0.39, 0.29) is 25.4 Å². The zero-order chi connectivity index (χ0) is 15.0. The Hall–Kier alpha value is -1.92. The first-order valence-electron chi connectivity index (χ1n) is 6.31. The predicted molar refractivity (Wildman–Crippen MR) is 73.2 cm³/mol. The van der Waals surface area contributed by atoms with Gasteiger partial charge in [-0.05, 0) is 12.0 Å². The zero-order valence-corrected chi connectivity index (χ0v) is 11.7. The van der Waals surface area contributed by atoms with E-state index in [4.69, 9.17) is 15.3 Å². The van der Waals surface area contributed by atoms with Crippen LogP contribution in [0.15, 0.2) is 30.3 Å². The first-order valence-corrected chi connectivity index (χ1v) is 6.31. The maximum Gasteiger partial charge on any atom is 0.323 e. The van der Waals surface area contributed by atoms with Crippen LogP contribution in [-0.2, 0) is 25.8 Å². The van der Waals surface area contributed by atoms with Crippen molar-refractivity contribution < 1.29 is 19.2 Å². The van der Waals surface area contributed by atoms with E-state index in [2.05, 4.69) is 0 Å². The van der Waals surface area contributed by atoms with Crippen LogP contribution >= 0.6 is 0 Å². The average Bonchev–Trinajstić information content (AvgIpc) is 2.49. The van der Waals surface area contributed by atoms with Crippen molar-refractivity contribution in [2.24, 2.45) is 5.73 Å². The number of nitrogens with zero attached hydrogens (tertiary/aromatic N) is 1. The van der Waals surface area contributed by atoms with Crippen molar-refractivity contribution >= 4 is 11.9 Å². The summed E-state index contributed by atoms with van der Waals surface area (Å²) in [6.45, 7) is 0.180. The molecule has 6 nitrogen and oxygen atoms in total. The lowest BCUT2D eigenvalue weighted by Crippen LogP contribution is -2.34. The summed E-state index contributed by atoms with van der Waals surface area (Å²) >= 11 is 0. The highest BCUT2D eigenvalue weighted by molar-refractivity contribution is 5.78. The van der Waals surface area contributed by atoms with Crippen LogP contribution < -0.4 is 5.73 Å². The minimum absolute atomic E-state index is 0.131. The lowest BCUT2D eigenvalue weighted by molar-refractivity contribution is -0.169. The molecule has 110 valence electrons. The molecule has 1 amide bonds. The van der Waals surface area contributed by atoms with E-state index in [1.807, 2.05) is 30.3 Å². The van der Waals surface area contributed by atoms with Crippen molar-refractivity contribution in [3.05, 3.63) is 35.9 Å². The minimum atomic E-state index is -0.812. The van der Waals surface area contributed by atoms with Crippen molar-refractivity contribution in [1.29, 1.82) is 0 Å². The highest BCUT2D eigenvalue weighted by Crippen LogP contribution is 2.04. The number of benzene rings is 1. The number of hydrogen-bond acceptors (Lipinski definition) is 5. The summed E-state index contributed by atoms with van der Waals surface area (Å²) < 4.78 is 5.09. The third-order valence-electron chi connectivity index (χ3n) is 2.82. The molecular weight excluding hydrogens is 260 g/mol. The van der Waals surface area contributed by atoms with Crippen molar-refractivity contribution in [1.82, 2.24) is 5.06 Å². The number of hydrogen-bond donors (Lipinski definition) is 1. The third-order valence-corrected chi connectivity index (χ3v) is 2.82. The molecule has 6 heteroatoms. The fourth-order valence-corrected chi connectivity index (χ4v) is 1.49. The molecule has 0 saturated carbocycles. The lowest BCUT2D eigenvalue weighted by atomic mass is 10.1. The molecule has 0 unspecified atom stereocenters. The van der Waals surface area contributed by atoms with Gasteiger partial charge in [-0.2, -0.15) is 0 Å². The molecule has 0 saturated heterocycles. The largest absolute Gasteiger partial charge is 0.460 e. The molecule has 1 aromatic carbocycles. The molecule has 0 radical (unpaired) electrons. The van der Waals surface area contributed by atoms with Crippen molar-refractivity contribution in [3.63, 3.8) is 0 Å². The Morgan fingerprint density at radius 3 is 2.55 bits per heavy atom. The van der Waals surface area contributed by atoms with Crippen LogP contribution in [0.25, 0.3) is 0 Å². The second-order valence-corrected chi connectivity index (χ2v) is 4.31. The van der Waals surface area contributed by atoms with Crippen LogP contribution in [0.3, 0.4) is 0 Å². The van der Waals surface area contributed by atoms with Gasteiger partial charge in [0.1, 0.15) is 12.6 Å². The van der Waals surface area contributed by atoms with Gasteiger partial charge >= 0.3 is 5.97 Å². The van der Waals surface area contributed by atoms with Crippen molar-refractivity contribution in [2.45, 2.75) is 25.5 Å². The maximum absolute atomic E-state index is 11.7. The van der Waals surface area contributed by atoms with Crippen LogP contribution in [0.1, 0.15) is 18.4 Å². The molecule has 0 aliphatic carbocycles. The van der Waals surface area contributed by atoms with Crippen LogP contribution in [0.5, 0.6) is 0 Å². The summed E-state index contributed by atoms with van der Waals surface area (Å²) in [5.74, 6) is -0.750. The molecule has 0 aromatic heterocycles. The van der Waals surface area contributed by atoms with Gasteiger partial charge in [-0.3, -0.25) is 14.4 Å². The van der Waals surface area contributed by atoms with Gasteiger partial charge in [0.2, 0.25) is 5.91 Å². The van der Waals surface area contributed by atoms with Gasteiger partial charge in [-0.15, -0.1) is 0 Å². The molecule has 0 heterocycles. The predicted octanol–water partition coefficient (Wildman–Crippen LogP) is 0.857. The SMILES string of the molecule is CON(C)C(=O)CC[C@@H](N)C(=O)OCc1ccccc1. The number of amides is 1. The van der Waals surface area contributed by atoms with E-state index < -0.39 is 12.0 Å². The summed E-state index contributed by atoms with van der Waals surface area (Å²) in [6, 6.07) is 8.51. The van der Waals surface area contributed by atoms with Crippen LogP contribution in [0.2, 0.25) is 0 Å². The number of esters is 1. The molecule has 2 N–H and O–H groups in total. The number of carbonyl (C=O) groups excluding carboxylic acids is 2. The summed E-state index contributed by atoms with van der Waals surface area (Å²) in [7, 11) is 2.90. The Kier molecular flexibility index (Phi) is 6.69. The summed E-state index contributed by atoms with van der Waals surface area (Å²) in [5, 5.41) is 1.10. The number of carbonyl (C=O) groups is 2. The third kappa shape index (κ3) is 5.38. The average molecular weight is 280 g/mol. The molecule has 0 fully saturated rings. The Labute approximate surface area is 118 Å². The van der Waals surface area contributed by atoms with Crippen LogP contribution in [0, 0.1) is 0 Å². The molecule has 1 rings (SSSR count). The van der Waals surface area contributed by atoms with Gasteiger partial charge in [0.15, 0.2) is 0 Å². The molecule has 1 aromatic rings. The maximum atomic E-state index is 11.7. The lowest BCUT2D eigenvalue weighted by Gasteiger charge is -2.15. The highest BCUT2D eigenvalue weighted by Gasteiger charge is 2.18. The topological polar surface area (TPSA) is 81.9 Å². The van der Waals surface area contributed by atoms with Crippen LogP contribution in [0.4, 0.5) is 0 Å². The van der Waals surface area contributed by atoms with E-state index in [1.54, 1.807) is 0 Å². The molecule has 0 aliphatic rings. The van der Waals surface area contributed by atoms with Crippen molar-refractivity contribution in [3.8, 4) is 0 Å². The quantitative estimate of drug-likeness (QED) is 0.591. The molecule has 0 aliphatic heterocycles. The van der Waals surface area contributed by atoms with E-state index in [0.717, 1.165) is 10.6 Å². The minimum Gasteiger partial charge on any atom is -0.460 e. The second-order valence-electron chi connectivity index (χ2n) is 4.31. The second kappa shape index (κ2) is 8.29. The fourth-order valence-electron chi connectivity index (χ4n) is 1.49. The summed E-state index contributed by atoms with van der Waals surface area (Å²) in [4.78, 5) is 27.9. The van der Waals surface area contributed by atoms with E-state index in [9.17, 15) is 9.59 Å². The zero-order valence-electron chi connectivity index (χ0n) is 11.7. The van der Waals surface area contributed by atoms with Crippen molar-refractivity contribution in [2.75, 3.05) is 14.2 Å². The fraction of sp³-hybridized carbons (Fsp3) is 0.429. The van der Waals surface area contributed by atoms with E-state index >= 15 is 0 Å². The smallest absolute Gasteiger partial charge is 0.323 e. The van der Waals surface area contributed by atoms with Gasteiger partial charge in [0.05, 0.1) is 7.11 Å². The first-order chi connectivity index (χ1) is 9.54. The van der Waals surface area contributed by atoms with E-state index in [1.165, 1.54) is 14.2 Å². The number of nitrogens with two attached hydrogens (primary N) is 1. The molecule has 20 heavy (non-hydrogen) atoms. The summed E-state index contributed by atoms with van der Waals surface area (Å²) in [5.41, 5.74) is 6.58. The van der Waals surface area contributed by atoms with Gasteiger partial charge in [-0.1, -0.05) is 30.3 Å². The Bertz CT molecular complexity index is 436. The molecule has 0 spiro atoms. The molecule has 0 bridgehead atoms. The Morgan fingerprint density at radius 1 is 1.30 bits per heavy atom. The first kappa shape index (κ1) is 16.1. The molecule has 1 atom stereocenters. The van der Waals surface area contributed by atoms with Gasteiger partial charge in [-0.25, -0.2) is 5.06 Å². The monoisotopic (exact) mass is 280 g/mol. The highest BCUT2D eigenvalue weighted by atomic mass is 16.7. The van der Waals surface area contributed by atoms with Gasteiger partial charge in [0.25, 0.3) is 0 Å². The molecular formula is C14H20N2O4. The van der Waals surface area contributed by atoms with Crippen LogP contribution in [-0.4, -0.2) is 37.1 Å². The number of hydroxylamine groups is 2. The van der Waals surface area contributed by atoms with E-state index in [0.29, 0.717) is 0 Å². The normalized spacial score (nSPS) is 11.8.